The average molecular weight is 332 g/mol. The van der Waals surface area contributed by atoms with Crippen LogP contribution < -0.4 is 23.7 Å². The number of carbonyl (C=O) groups excluding carboxylic acids is 1. The molecule has 0 aliphatic rings. The largest absolute Gasteiger partial charge is 0.497 e. The molecule has 0 fully saturated rings. The van der Waals surface area contributed by atoms with Crippen molar-refractivity contribution in [1.82, 2.24) is 0 Å². The number of hydrogen-bond acceptors (Lipinski definition) is 6. The highest BCUT2D eigenvalue weighted by Gasteiger charge is 2.14. The van der Waals surface area contributed by atoms with Gasteiger partial charge in [-0.25, -0.2) is 0 Å². The Balaban J connectivity index is 1.96. The molecule has 128 valence electrons. The van der Waals surface area contributed by atoms with Gasteiger partial charge in [0, 0.05) is 5.56 Å². The maximum absolute atomic E-state index is 10.9. The third-order valence-electron chi connectivity index (χ3n) is 3.28. The van der Waals surface area contributed by atoms with Crippen LogP contribution in [0.5, 0.6) is 28.7 Å². The molecule has 0 atom stereocenters. The van der Waals surface area contributed by atoms with Gasteiger partial charge in [-0.1, -0.05) is 0 Å². The minimum absolute atomic E-state index is 0.291. The Morgan fingerprint density at radius 2 is 1.33 bits per heavy atom. The standard InChI is InChI=1S/C18H20O6/c1-20-14-4-6-15(7-5-14)23-8-9-24-18-16(21-2)10-13(12-19)11-17(18)22-3/h4-7,10-12H,8-9H2,1-3H3. The summed E-state index contributed by atoms with van der Waals surface area (Å²) in [6.45, 7) is 0.632. The predicted molar refractivity (Wildman–Crippen MR) is 88.9 cm³/mol. The Bertz CT molecular complexity index is 641. The number of carbonyl (C=O) groups is 1. The van der Waals surface area contributed by atoms with Crippen LogP contribution >= 0.6 is 0 Å². The maximum Gasteiger partial charge on any atom is 0.203 e. The first-order valence-corrected chi connectivity index (χ1v) is 7.32. The van der Waals surface area contributed by atoms with Crippen molar-refractivity contribution in [3.8, 4) is 28.7 Å². The molecule has 2 aromatic carbocycles. The van der Waals surface area contributed by atoms with Gasteiger partial charge in [-0.15, -0.1) is 0 Å². The molecule has 0 aliphatic heterocycles. The van der Waals surface area contributed by atoms with E-state index in [9.17, 15) is 4.79 Å². The van der Waals surface area contributed by atoms with Crippen LogP contribution in [-0.2, 0) is 0 Å². The molecule has 0 saturated carbocycles. The monoisotopic (exact) mass is 332 g/mol. The second-order valence-corrected chi connectivity index (χ2v) is 4.74. The average Bonchev–Trinajstić information content (AvgIpc) is 2.65. The molecule has 2 aromatic rings. The molecule has 0 unspecified atom stereocenters. The summed E-state index contributed by atoms with van der Waals surface area (Å²) in [5, 5.41) is 0. The van der Waals surface area contributed by atoms with Crippen LogP contribution in [0, 0.1) is 0 Å². The molecule has 0 aliphatic carbocycles. The topological polar surface area (TPSA) is 63.2 Å². The SMILES string of the molecule is COc1ccc(OCCOc2c(OC)cc(C=O)cc2OC)cc1. The van der Waals surface area contributed by atoms with Gasteiger partial charge in [0.2, 0.25) is 5.75 Å². The summed E-state index contributed by atoms with van der Waals surface area (Å²) in [5.41, 5.74) is 0.450. The lowest BCUT2D eigenvalue weighted by Gasteiger charge is -2.15. The van der Waals surface area contributed by atoms with Crippen LogP contribution in [0.4, 0.5) is 0 Å². The highest BCUT2D eigenvalue weighted by Crippen LogP contribution is 2.38. The van der Waals surface area contributed by atoms with E-state index in [1.54, 1.807) is 19.2 Å². The zero-order valence-electron chi connectivity index (χ0n) is 13.9. The summed E-state index contributed by atoms with van der Waals surface area (Å²) < 4.78 is 26.9. The molecule has 0 N–H and O–H groups in total. The molecule has 2 rings (SSSR count). The van der Waals surface area contributed by atoms with Crippen molar-refractivity contribution in [2.24, 2.45) is 0 Å². The predicted octanol–water partition coefficient (Wildman–Crippen LogP) is 2.98. The molecule has 0 radical (unpaired) electrons. The highest BCUT2D eigenvalue weighted by atomic mass is 16.6. The Morgan fingerprint density at radius 3 is 1.83 bits per heavy atom. The van der Waals surface area contributed by atoms with Crippen molar-refractivity contribution < 1.29 is 28.5 Å². The lowest BCUT2D eigenvalue weighted by Crippen LogP contribution is -2.10. The number of rotatable bonds is 9. The Hall–Kier alpha value is -2.89. The maximum atomic E-state index is 10.9. The van der Waals surface area contributed by atoms with Gasteiger partial charge >= 0.3 is 0 Å². The number of ether oxygens (including phenoxy) is 5. The van der Waals surface area contributed by atoms with Gasteiger partial charge in [-0.05, 0) is 36.4 Å². The van der Waals surface area contributed by atoms with Crippen LogP contribution in [0.1, 0.15) is 10.4 Å². The molecule has 0 aromatic heterocycles. The van der Waals surface area contributed by atoms with Gasteiger partial charge in [-0.2, -0.15) is 0 Å². The van der Waals surface area contributed by atoms with E-state index in [0.29, 0.717) is 36.0 Å². The fourth-order valence-corrected chi connectivity index (χ4v) is 2.09. The summed E-state index contributed by atoms with van der Waals surface area (Å²) >= 11 is 0. The van der Waals surface area contributed by atoms with Crippen molar-refractivity contribution in [3.05, 3.63) is 42.0 Å². The van der Waals surface area contributed by atoms with Crippen molar-refractivity contribution in [2.45, 2.75) is 0 Å². The Morgan fingerprint density at radius 1 is 0.792 bits per heavy atom. The third-order valence-corrected chi connectivity index (χ3v) is 3.28. The van der Waals surface area contributed by atoms with Crippen LogP contribution in [0.3, 0.4) is 0 Å². The molecule has 6 nitrogen and oxygen atoms in total. The molecular formula is C18H20O6. The fourth-order valence-electron chi connectivity index (χ4n) is 2.09. The number of aldehydes is 1. The zero-order chi connectivity index (χ0) is 17.4. The molecule has 0 amide bonds. The lowest BCUT2D eigenvalue weighted by molar-refractivity contribution is 0.112. The summed E-state index contributed by atoms with van der Waals surface area (Å²) in [6, 6.07) is 10.5. The quantitative estimate of drug-likeness (QED) is 0.520. The van der Waals surface area contributed by atoms with E-state index in [0.717, 1.165) is 17.8 Å². The van der Waals surface area contributed by atoms with E-state index in [4.69, 9.17) is 23.7 Å². The van der Waals surface area contributed by atoms with Gasteiger partial charge in [0.05, 0.1) is 21.3 Å². The normalized spacial score (nSPS) is 9.96. The van der Waals surface area contributed by atoms with Gasteiger partial charge in [0.15, 0.2) is 11.5 Å². The Labute approximate surface area is 140 Å². The number of benzene rings is 2. The molecule has 6 heteroatoms. The van der Waals surface area contributed by atoms with Crippen molar-refractivity contribution in [1.29, 1.82) is 0 Å². The summed E-state index contributed by atoms with van der Waals surface area (Å²) in [6.07, 6.45) is 0.724. The fraction of sp³-hybridized carbons (Fsp3) is 0.278. The highest BCUT2D eigenvalue weighted by molar-refractivity contribution is 5.78. The molecule has 24 heavy (non-hydrogen) atoms. The first kappa shape index (κ1) is 17.5. The van der Waals surface area contributed by atoms with Gasteiger partial charge in [-0.3, -0.25) is 4.79 Å². The van der Waals surface area contributed by atoms with E-state index in [-0.39, 0.29) is 0 Å². The first-order chi connectivity index (χ1) is 11.7. The van der Waals surface area contributed by atoms with E-state index in [1.165, 1.54) is 14.2 Å². The second-order valence-electron chi connectivity index (χ2n) is 4.74. The van der Waals surface area contributed by atoms with E-state index >= 15 is 0 Å². The van der Waals surface area contributed by atoms with Crippen molar-refractivity contribution >= 4 is 6.29 Å². The molecular weight excluding hydrogens is 312 g/mol. The zero-order valence-corrected chi connectivity index (χ0v) is 13.9. The number of methoxy groups -OCH3 is 3. The van der Waals surface area contributed by atoms with E-state index in [2.05, 4.69) is 0 Å². The van der Waals surface area contributed by atoms with Crippen molar-refractivity contribution in [3.63, 3.8) is 0 Å². The Kier molecular flexibility index (Phi) is 6.31. The van der Waals surface area contributed by atoms with Gasteiger partial charge < -0.3 is 23.7 Å². The summed E-state index contributed by atoms with van der Waals surface area (Å²) in [7, 11) is 4.62. The summed E-state index contributed by atoms with van der Waals surface area (Å²) in [4.78, 5) is 10.9. The second kappa shape index (κ2) is 8.67. The molecule has 0 bridgehead atoms. The minimum Gasteiger partial charge on any atom is -0.497 e. The van der Waals surface area contributed by atoms with E-state index < -0.39 is 0 Å². The van der Waals surface area contributed by atoms with Crippen LogP contribution in [0.2, 0.25) is 0 Å². The summed E-state index contributed by atoms with van der Waals surface area (Å²) in [5.74, 6) is 2.78. The van der Waals surface area contributed by atoms with Crippen molar-refractivity contribution in [2.75, 3.05) is 34.5 Å². The van der Waals surface area contributed by atoms with Gasteiger partial charge in [0.25, 0.3) is 0 Å². The minimum atomic E-state index is 0.291. The van der Waals surface area contributed by atoms with Crippen LogP contribution in [0.25, 0.3) is 0 Å². The van der Waals surface area contributed by atoms with Crippen LogP contribution in [0.15, 0.2) is 36.4 Å². The van der Waals surface area contributed by atoms with E-state index in [1.807, 2.05) is 24.3 Å². The third kappa shape index (κ3) is 4.32. The number of hydrogen-bond donors (Lipinski definition) is 0. The van der Waals surface area contributed by atoms with Gasteiger partial charge in [0.1, 0.15) is 31.0 Å². The molecule has 0 heterocycles. The van der Waals surface area contributed by atoms with Crippen LogP contribution in [-0.4, -0.2) is 40.8 Å². The lowest BCUT2D eigenvalue weighted by atomic mass is 10.2. The molecule has 0 spiro atoms. The smallest absolute Gasteiger partial charge is 0.203 e. The first-order valence-electron chi connectivity index (χ1n) is 7.32. The molecule has 0 saturated heterocycles.